The summed E-state index contributed by atoms with van der Waals surface area (Å²) >= 11 is 0. The van der Waals surface area contributed by atoms with E-state index in [-0.39, 0.29) is 18.2 Å². The largest absolute Gasteiger partial charge is 0.497 e. The van der Waals surface area contributed by atoms with Crippen LogP contribution in [0.5, 0.6) is 5.75 Å². The summed E-state index contributed by atoms with van der Waals surface area (Å²) in [5.74, 6) is 0.00710. The van der Waals surface area contributed by atoms with Crippen LogP contribution in [0, 0.1) is 5.92 Å². The van der Waals surface area contributed by atoms with Crippen molar-refractivity contribution >= 4 is 34.1 Å². The Morgan fingerprint density at radius 3 is 2.85 bits per heavy atom. The van der Waals surface area contributed by atoms with Gasteiger partial charge in [-0.3, -0.25) is 14.6 Å². The van der Waals surface area contributed by atoms with Crippen LogP contribution in [0.25, 0.3) is 10.9 Å². The minimum absolute atomic E-state index is 0.0704. The van der Waals surface area contributed by atoms with E-state index in [2.05, 4.69) is 10.3 Å². The first-order chi connectivity index (χ1) is 13.2. The molecule has 0 spiro atoms. The number of aromatic nitrogens is 1. The van der Waals surface area contributed by atoms with Crippen molar-refractivity contribution in [2.75, 3.05) is 23.9 Å². The molecule has 2 aromatic carbocycles. The molecule has 6 nitrogen and oxygen atoms in total. The van der Waals surface area contributed by atoms with Gasteiger partial charge in [-0.05, 0) is 24.3 Å². The molecule has 2 heterocycles. The van der Waals surface area contributed by atoms with Crippen molar-refractivity contribution in [2.24, 2.45) is 5.92 Å². The Morgan fingerprint density at radius 1 is 1.19 bits per heavy atom. The highest BCUT2D eigenvalue weighted by molar-refractivity contribution is 6.07. The van der Waals surface area contributed by atoms with E-state index in [0.717, 1.165) is 16.6 Å². The van der Waals surface area contributed by atoms with Crippen LogP contribution in [0.2, 0.25) is 0 Å². The van der Waals surface area contributed by atoms with E-state index >= 15 is 0 Å². The van der Waals surface area contributed by atoms with Crippen molar-refractivity contribution in [2.45, 2.75) is 6.42 Å². The van der Waals surface area contributed by atoms with Crippen LogP contribution in [0.4, 0.5) is 11.4 Å². The normalized spacial score (nSPS) is 16.6. The second-order valence-corrected chi connectivity index (χ2v) is 6.48. The van der Waals surface area contributed by atoms with E-state index < -0.39 is 5.92 Å². The number of hydrogen-bond donors (Lipinski definition) is 1. The number of anilines is 2. The molecule has 1 unspecified atom stereocenters. The van der Waals surface area contributed by atoms with Crippen LogP contribution >= 0.6 is 0 Å². The van der Waals surface area contributed by atoms with Crippen molar-refractivity contribution in [1.82, 2.24) is 4.98 Å². The molecule has 136 valence electrons. The Balaban J connectivity index is 1.54. The van der Waals surface area contributed by atoms with Crippen molar-refractivity contribution in [3.05, 3.63) is 60.8 Å². The fourth-order valence-electron chi connectivity index (χ4n) is 3.37. The fourth-order valence-corrected chi connectivity index (χ4v) is 3.37. The fraction of sp³-hybridized carbons (Fsp3) is 0.190. The second-order valence-electron chi connectivity index (χ2n) is 6.48. The lowest BCUT2D eigenvalue weighted by molar-refractivity contribution is -0.122. The van der Waals surface area contributed by atoms with Crippen LogP contribution in [-0.4, -0.2) is 30.5 Å². The van der Waals surface area contributed by atoms with E-state index in [9.17, 15) is 9.59 Å². The van der Waals surface area contributed by atoms with Gasteiger partial charge < -0.3 is 15.0 Å². The van der Waals surface area contributed by atoms with E-state index in [1.807, 2.05) is 42.5 Å². The van der Waals surface area contributed by atoms with Gasteiger partial charge in [0.15, 0.2) is 0 Å². The average Bonchev–Trinajstić information content (AvgIpc) is 3.09. The first-order valence-electron chi connectivity index (χ1n) is 8.75. The van der Waals surface area contributed by atoms with Gasteiger partial charge in [-0.15, -0.1) is 0 Å². The summed E-state index contributed by atoms with van der Waals surface area (Å²) in [6.45, 7) is 0.338. The van der Waals surface area contributed by atoms with Crippen molar-refractivity contribution in [3.63, 3.8) is 0 Å². The van der Waals surface area contributed by atoms with Crippen LogP contribution in [0.3, 0.4) is 0 Å². The summed E-state index contributed by atoms with van der Waals surface area (Å²) in [7, 11) is 1.58. The number of methoxy groups -OCH3 is 1. The monoisotopic (exact) mass is 361 g/mol. The molecule has 1 aliphatic heterocycles. The molecule has 0 bridgehead atoms. The third-order valence-electron chi connectivity index (χ3n) is 4.74. The molecule has 2 amide bonds. The van der Waals surface area contributed by atoms with E-state index in [0.29, 0.717) is 18.0 Å². The Kier molecular flexibility index (Phi) is 4.46. The zero-order chi connectivity index (χ0) is 18.8. The maximum atomic E-state index is 12.7. The highest BCUT2D eigenvalue weighted by atomic mass is 16.5. The Hall–Kier alpha value is -3.41. The number of nitrogens with zero attached hydrogens (tertiary/aromatic N) is 2. The van der Waals surface area contributed by atoms with Crippen molar-refractivity contribution in [1.29, 1.82) is 0 Å². The molecule has 1 aromatic heterocycles. The first-order valence-corrected chi connectivity index (χ1v) is 8.75. The lowest BCUT2D eigenvalue weighted by atomic mass is 10.1. The quantitative estimate of drug-likeness (QED) is 0.774. The number of amides is 2. The summed E-state index contributed by atoms with van der Waals surface area (Å²) in [6.07, 6.45) is 1.89. The van der Waals surface area contributed by atoms with Gasteiger partial charge in [0.25, 0.3) is 0 Å². The van der Waals surface area contributed by atoms with E-state index in [1.165, 1.54) is 0 Å². The molecular weight excluding hydrogens is 342 g/mol. The number of para-hydroxylation sites is 1. The zero-order valence-electron chi connectivity index (χ0n) is 14.9. The standard InChI is InChI=1S/C21H19N3O3/c1-27-17-8-3-7-16(12-17)23-21(26)15-11-19(25)24(13-15)18-9-2-5-14-6-4-10-22-20(14)18/h2-10,12,15H,11,13H2,1H3,(H,23,26). The highest BCUT2D eigenvalue weighted by Gasteiger charge is 2.36. The minimum Gasteiger partial charge on any atom is -0.497 e. The maximum Gasteiger partial charge on any atom is 0.229 e. The number of ether oxygens (including phenoxy) is 1. The molecule has 27 heavy (non-hydrogen) atoms. The lowest BCUT2D eigenvalue weighted by Gasteiger charge is -2.18. The SMILES string of the molecule is COc1cccc(NC(=O)C2CC(=O)N(c3cccc4cccnc34)C2)c1. The van der Waals surface area contributed by atoms with Gasteiger partial charge in [-0.2, -0.15) is 0 Å². The highest BCUT2D eigenvalue weighted by Crippen LogP contribution is 2.31. The van der Waals surface area contributed by atoms with Crippen LogP contribution < -0.4 is 15.0 Å². The molecule has 1 saturated heterocycles. The molecule has 1 N–H and O–H groups in total. The number of benzene rings is 2. The number of pyridine rings is 1. The first kappa shape index (κ1) is 17.0. The van der Waals surface area contributed by atoms with Gasteiger partial charge in [-0.1, -0.05) is 24.3 Å². The summed E-state index contributed by atoms with van der Waals surface area (Å²) in [6, 6.07) is 16.7. The Morgan fingerprint density at radius 2 is 2.00 bits per heavy atom. The van der Waals surface area contributed by atoms with Gasteiger partial charge in [-0.25, -0.2) is 0 Å². The van der Waals surface area contributed by atoms with Gasteiger partial charge in [0, 0.05) is 36.3 Å². The van der Waals surface area contributed by atoms with Crippen molar-refractivity contribution in [3.8, 4) is 5.75 Å². The Labute approximate surface area is 156 Å². The molecule has 3 aromatic rings. The Bertz CT molecular complexity index is 1010. The lowest BCUT2D eigenvalue weighted by Crippen LogP contribution is -2.28. The predicted octanol–water partition coefficient (Wildman–Crippen LogP) is 3.24. The molecule has 6 heteroatoms. The summed E-state index contributed by atoms with van der Waals surface area (Å²) in [5.41, 5.74) is 2.16. The summed E-state index contributed by atoms with van der Waals surface area (Å²) in [4.78, 5) is 31.3. The van der Waals surface area contributed by atoms with Gasteiger partial charge >= 0.3 is 0 Å². The number of nitrogens with one attached hydrogen (secondary N) is 1. The molecule has 0 aliphatic carbocycles. The number of carbonyl (C=O) groups is 2. The molecule has 1 aliphatic rings. The molecule has 4 rings (SSSR count). The van der Waals surface area contributed by atoms with E-state index in [1.54, 1.807) is 30.3 Å². The zero-order valence-corrected chi connectivity index (χ0v) is 14.9. The van der Waals surface area contributed by atoms with E-state index in [4.69, 9.17) is 4.74 Å². The minimum atomic E-state index is -0.414. The number of fused-ring (bicyclic) bond motifs is 1. The number of hydrogen-bond acceptors (Lipinski definition) is 4. The molecular formula is C21H19N3O3. The van der Waals surface area contributed by atoms with Crippen LogP contribution in [0.15, 0.2) is 60.8 Å². The van der Waals surface area contributed by atoms with Crippen molar-refractivity contribution < 1.29 is 14.3 Å². The van der Waals surface area contributed by atoms with Crippen LogP contribution in [-0.2, 0) is 9.59 Å². The smallest absolute Gasteiger partial charge is 0.229 e. The van der Waals surface area contributed by atoms with Gasteiger partial charge in [0.05, 0.1) is 24.2 Å². The third kappa shape index (κ3) is 3.33. The molecule has 0 saturated carbocycles. The maximum absolute atomic E-state index is 12.7. The van der Waals surface area contributed by atoms with Gasteiger partial charge in [0.1, 0.15) is 5.75 Å². The number of carbonyl (C=O) groups excluding carboxylic acids is 2. The molecule has 1 fully saturated rings. The molecule has 0 radical (unpaired) electrons. The topological polar surface area (TPSA) is 71.5 Å². The third-order valence-corrected chi connectivity index (χ3v) is 4.74. The second kappa shape index (κ2) is 7.07. The summed E-state index contributed by atoms with van der Waals surface area (Å²) in [5, 5.41) is 3.84. The summed E-state index contributed by atoms with van der Waals surface area (Å²) < 4.78 is 5.17. The van der Waals surface area contributed by atoms with Crippen LogP contribution in [0.1, 0.15) is 6.42 Å². The molecule has 1 atom stereocenters. The van der Waals surface area contributed by atoms with Gasteiger partial charge in [0.2, 0.25) is 11.8 Å². The number of rotatable bonds is 4. The predicted molar refractivity (Wildman–Crippen MR) is 104 cm³/mol. The average molecular weight is 361 g/mol.